The molecule has 0 unspecified atom stereocenters. The minimum absolute atomic E-state index is 0.435. The van der Waals surface area contributed by atoms with Crippen LogP contribution >= 0.6 is 0 Å². The fraction of sp³-hybridized carbons (Fsp3) is 0.857. The molecule has 13 heavy (non-hydrogen) atoms. The third-order valence-corrected chi connectivity index (χ3v) is 1.62. The van der Waals surface area contributed by atoms with Gasteiger partial charge in [0.2, 0.25) is 0 Å². The van der Waals surface area contributed by atoms with Gasteiger partial charge >= 0.3 is 6.03 Å². The molecule has 0 aliphatic carbocycles. The van der Waals surface area contributed by atoms with E-state index in [0.29, 0.717) is 6.54 Å². The van der Waals surface area contributed by atoms with Crippen LogP contribution in [0.1, 0.15) is 6.92 Å². The Morgan fingerprint density at radius 3 is 2.00 bits per heavy atom. The van der Waals surface area contributed by atoms with Crippen molar-refractivity contribution in [2.24, 2.45) is 0 Å². The first-order valence-corrected chi connectivity index (χ1v) is 4.02. The lowest BCUT2D eigenvalue weighted by molar-refractivity contribution is 0.0493. The molecule has 0 heterocycles. The zero-order valence-corrected chi connectivity index (χ0v) is 7.58. The standard InChI is InChI=1S/C7H16N2O4/c1-2-8-6(13)9-7(3-10,4-11)5-12/h10-12H,2-5H2,1H3,(H2,8,9,13). The molecule has 0 aliphatic rings. The van der Waals surface area contributed by atoms with Crippen molar-refractivity contribution in [3.05, 3.63) is 0 Å². The van der Waals surface area contributed by atoms with Crippen LogP contribution in [0, 0.1) is 0 Å². The maximum Gasteiger partial charge on any atom is 0.315 e. The zero-order chi connectivity index (χ0) is 10.3. The van der Waals surface area contributed by atoms with Crippen molar-refractivity contribution in [2.75, 3.05) is 26.4 Å². The number of rotatable bonds is 5. The van der Waals surface area contributed by atoms with Crippen molar-refractivity contribution in [3.63, 3.8) is 0 Å². The molecule has 0 rings (SSSR count). The summed E-state index contributed by atoms with van der Waals surface area (Å²) in [4.78, 5) is 11.0. The number of amides is 2. The molecule has 0 fully saturated rings. The van der Waals surface area contributed by atoms with E-state index in [9.17, 15) is 4.79 Å². The number of hydrogen-bond donors (Lipinski definition) is 5. The average molecular weight is 192 g/mol. The zero-order valence-electron chi connectivity index (χ0n) is 7.58. The maximum atomic E-state index is 11.0. The second kappa shape index (κ2) is 5.74. The Balaban J connectivity index is 4.16. The molecule has 0 radical (unpaired) electrons. The fourth-order valence-electron chi connectivity index (χ4n) is 0.714. The molecule has 0 aliphatic heterocycles. The highest BCUT2D eigenvalue weighted by atomic mass is 16.3. The highest BCUT2D eigenvalue weighted by Crippen LogP contribution is 2.00. The highest BCUT2D eigenvalue weighted by Gasteiger charge is 2.29. The van der Waals surface area contributed by atoms with Gasteiger partial charge in [0, 0.05) is 6.54 Å². The van der Waals surface area contributed by atoms with Crippen molar-refractivity contribution in [2.45, 2.75) is 12.5 Å². The van der Waals surface area contributed by atoms with E-state index in [1.54, 1.807) is 6.92 Å². The van der Waals surface area contributed by atoms with Gasteiger partial charge in [-0.05, 0) is 6.92 Å². The van der Waals surface area contributed by atoms with Crippen molar-refractivity contribution in [3.8, 4) is 0 Å². The summed E-state index contributed by atoms with van der Waals surface area (Å²) in [6, 6.07) is -0.528. The molecule has 0 spiro atoms. The molecule has 0 aromatic rings. The summed E-state index contributed by atoms with van der Waals surface area (Å²) >= 11 is 0. The third kappa shape index (κ3) is 3.58. The van der Waals surface area contributed by atoms with E-state index in [2.05, 4.69) is 10.6 Å². The number of urea groups is 1. The Morgan fingerprint density at radius 2 is 1.69 bits per heavy atom. The van der Waals surface area contributed by atoms with Crippen LogP contribution in [0.4, 0.5) is 4.79 Å². The number of hydrogen-bond acceptors (Lipinski definition) is 4. The van der Waals surface area contributed by atoms with Crippen molar-refractivity contribution >= 4 is 6.03 Å². The van der Waals surface area contributed by atoms with E-state index < -0.39 is 31.4 Å². The Bertz CT molecular complexity index is 150. The van der Waals surface area contributed by atoms with Gasteiger partial charge in [-0.1, -0.05) is 0 Å². The first kappa shape index (κ1) is 12.2. The van der Waals surface area contributed by atoms with E-state index in [0.717, 1.165) is 0 Å². The third-order valence-electron chi connectivity index (χ3n) is 1.62. The van der Waals surface area contributed by atoms with E-state index in [-0.39, 0.29) is 0 Å². The molecular formula is C7H16N2O4. The Morgan fingerprint density at radius 1 is 1.23 bits per heavy atom. The molecule has 2 amide bonds. The summed E-state index contributed by atoms with van der Waals surface area (Å²) in [6.45, 7) is 0.619. The Labute approximate surface area is 76.6 Å². The van der Waals surface area contributed by atoms with Crippen LogP contribution in [0.5, 0.6) is 0 Å². The summed E-state index contributed by atoms with van der Waals surface area (Å²) in [6.07, 6.45) is 0. The van der Waals surface area contributed by atoms with Crippen LogP contribution in [-0.2, 0) is 0 Å². The molecule has 0 aromatic carbocycles. The Kier molecular flexibility index (Phi) is 5.36. The minimum Gasteiger partial charge on any atom is -0.394 e. The summed E-state index contributed by atoms with van der Waals surface area (Å²) in [5, 5.41) is 31.2. The summed E-state index contributed by atoms with van der Waals surface area (Å²) in [5.41, 5.74) is -1.35. The topological polar surface area (TPSA) is 102 Å². The molecule has 0 saturated heterocycles. The summed E-state index contributed by atoms with van der Waals surface area (Å²) in [5.74, 6) is 0. The van der Waals surface area contributed by atoms with Gasteiger partial charge in [0.25, 0.3) is 0 Å². The minimum atomic E-state index is -1.35. The van der Waals surface area contributed by atoms with Gasteiger partial charge in [0.05, 0.1) is 19.8 Å². The van der Waals surface area contributed by atoms with Gasteiger partial charge < -0.3 is 26.0 Å². The van der Waals surface area contributed by atoms with Gasteiger partial charge in [0.15, 0.2) is 0 Å². The predicted octanol–water partition coefficient (Wildman–Crippen LogP) is -1.98. The normalized spacial score (nSPS) is 11.1. The first-order valence-electron chi connectivity index (χ1n) is 4.02. The molecule has 0 bridgehead atoms. The molecule has 5 N–H and O–H groups in total. The van der Waals surface area contributed by atoms with E-state index in [1.165, 1.54) is 0 Å². The van der Waals surface area contributed by atoms with Crippen LogP contribution in [-0.4, -0.2) is 53.3 Å². The number of aliphatic hydroxyl groups is 3. The lowest BCUT2D eigenvalue weighted by Gasteiger charge is -2.28. The van der Waals surface area contributed by atoms with Crippen molar-refractivity contribution in [1.82, 2.24) is 10.6 Å². The van der Waals surface area contributed by atoms with Gasteiger partial charge in [0.1, 0.15) is 5.54 Å². The molecule has 6 nitrogen and oxygen atoms in total. The number of aliphatic hydroxyl groups excluding tert-OH is 3. The molecule has 0 aromatic heterocycles. The smallest absolute Gasteiger partial charge is 0.315 e. The molecule has 0 atom stereocenters. The maximum absolute atomic E-state index is 11.0. The SMILES string of the molecule is CCNC(=O)NC(CO)(CO)CO. The van der Waals surface area contributed by atoms with Crippen LogP contribution in [0.2, 0.25) is 0 Å². The van der Waals surface area contributed by atoms with Crippen LogP contribution in [0.3, 0.4) is 0 Å². The van der Waals surface area contributed by atoms with Gasteiger partial charge in [-0.15, -0.1) is 0 Å². The van der Waals surface area contributed by atoms with Crippen LogP contribution in [0.15, 0.2) is 0 Å². The molecule has 6 heteroatoms. The summed E-state index contributed by atoms with van der Waals surface area (Å²) < 4.78 is 0. The average Bonchev–Trinajstić information content (AvgIpc) is 2.15. The van der Waals surface area contributed by atoms with Crippen molar-refractivity contribution < 1.29 is 20.1 Å². The first-order chi connectivity index (χ1) is 6.14. The van der Waals surface area contributed by atoms with E-state index in [1.807, 2.05) is 0 Å². The highest BCUT2D eigenvalue weighted by molar-refractivity contribution is 5.74. The molecule has 0 saturated carbocycles. The quantitative estimate of drug-likeness (QED) is 0.348. The summed E-state index contributed by atoms with van der Waals surface area (Å²) in [7, 11) is 0. The van der Waals surface area contributed by atoms with E-state index in [4.69, 9.17) is 15.3 Å². The van der Waals surface area contributed by atoms with Gasteiger partial charge in [-0.25, -0.2) is 4.79 Å². The predicted molar refractivity (Wildman–Crippen MR) is 46.2 cm³/mol. The van der Waals surface area contributed by atoms with Gasteiger partial charge in [-0.2, -0.15) is 0 Å². The van der Waals surface area contributed by atoms with Crippen molar-refractivity contribution in [1.29, 1.82) is 0 Å². The largest absolute Gasteiger partial charge is 0.394 e. The molecular weight excluding hydrogens is 176 g/mol. The number of nitrogens with one attached hydrogen (secondary N) is 2. The monoisotopic (exact) mass is 192 g/mol. The number of carbonyl (C=O) groups excluding carboxylic acids is 1. The number of carbonyl (C=O) groups is 1. The lowest BCUT2D eigenvalue weighted by Crippen LogP contribution is -2.59. The van der Waals surface area contributed by atoms with Crippen LogP contribution in [0.25, 0.3) is 0 Å². The molecule has 78 valence electrons. The second-order valence-corrected chi connectivity index (χ2v) is 2.74. The van der Waals surface area contributed by atoms with Crippen LogP contribution < -0.4 is 10.6 Å². The second-order valence-electron chi connectivity index (χ2n) is 2.74. The fourth-order valence-corrected chi connectivity index (χ4v) is 0.714. The Hall–Kier alpha value is -0.850. The lowest BCUT2D eigenvalue weighted by atomic mass is 10.0. The van der Waals surface area contributed by atoms with E-state index >= 15 is 0 Å². The van der Waals surface area contributed by atoms with Gasteiger partial charge in [-0.3, -0.25) is 0 Å².